The third-order valence-electron chi connectivity index (χ3n) is 7.60. The number of carbonyl (C=O) groups excluding carboxylic acids is 1. The summed E-state index contributed by atoms with van der Waals surface area (Å²) in [6.45, 7) is 4.79. The number of piperazine rings is 1. The van der Waals surface area contributed by atoms with Gasteiger partial charge in [-0.1, -0.05) is 25.1 Å². The number of nitrogens with two attached hydrogens (primary N) is 1. The molecule has 3 aliphatic rings. The van der Waals surface area contributed by atoms with Crippen molar-refractivity contribution in [3.05, 3.63) is 59.9 Å². The fourth-order valence-electron chi connectivity index (χ4n) is 5.55. The number of aliphatic hydroxyl groups is 1. The molecule has 4 heterocycles. The number of amides is 1. The summed E-state index contributed by atoms with van der Waals surface area (Å²) in [5, 5.41) is 17.1. The van der Waals surface area contributed by atoms with Crippen LogP contribution in [-0.4, -0.2) is 66.0 Å². The van der Waals surface area contributed by atoms with Crippen molar-refractivity contribution in [3.63, 3.8) is 0 Å². The van der Waals surface area contributed by atoms with Crippen molar-refractivity contribution in [2.24, 2.45) is 5.73 Å². The minimum Gasteiger partial charge on any atom is -0.489 e. The number of aliphatic hydroxyl groups excluding tert-OH is 1. The molecule has 2 saturated heterocycles. The number of anilines is 5. The van der Waals surface area contributed by atoms with Crippen molar-refractivity contribution in [3.8, 4) is 5.75 Å². The lowest BCUT2D eigenvalue weighted by Gasteiger charge is -2.44. The van der Waals surface area contributed by atoms with Crippen molar-refractivity contribution in [2.75, 3.05) is 53.3 Å². The minimum absolute atomic E-state index is 0.0313. The molecule has 0 aliphatic carbocycles. The summed E-state index contributed by atoms with van der Waals surface area (Å²) in [5.74, 6) is 1.67. The molecule has 11 heteroatoms. The molecular formula is C29H35N7O4. The largest absolute Gasteiger partial charge is 0.489 e. The molecule has 2 unspecified atom stereocenters. The Morgan fingerprint density at radius 1 is 1.12 bits per heavy atom. The zero-order chi connectivity index (χ0) is 27.6. The summed E-state index contributed by atoms with van der Waals surface area (Å²) >= 11 is 0. The number of rotatable bonds is 7. The summed E-state index contributed by atoms with van der Waals surface area (Å²) in [5.41, 5.74) is 9.34. The molecule has 5 N–H and O–H groups in total. The molecule has 11 nitrogen and oxygen atoms in total. The highest BCUT2D eigenvalue weighted by Gasteiger charge is 2.38. The lowest BCUT2D eigenvalue weighted by atomic mass is 10.1. The Morgan fingerprint density at radius 3 is 2.67 bits per heavy atom. The van der Waals surface area contributed by atoms with Crippen LogP contribution >= 0.6 is 0 Å². The molecular weight excluding hydrogens is 510 g/mol. The fourth-order valence-corrected chi connectivity index (χ4v) is 5.55. The Bertz CT molecular complexity index is 1360. The van der Waals surface area contributed by atoms with Gasteiger partial charge < -0.3 is 35.8 Å². The van der Waals surface area contributed by atoms with Crippen molar-refractivity contribution in [2.45, 2.75) is 44.5 Å². The number of nitrogens with zero attached hydrogens (tertiary/aromatic N) is 4. The van der Waals surface area contributed by atoms with Crippen molar-refractivity contribution < 1.29 is 19.4 Å². The number of ether oxygens (including phenoxy) is 2. The molecule has 2 atom stereocenters. The zero-order valence-electron chi connectivity index (χ0n) is 22.5. The Kier molecular flexibility index (Phi) is 7.42. The maximum atomic E-state index is 13.3. The Hall–Kier alpha value is -3.93. The van der Waals surface area contributed by atoms with Gasteiger partial charge in [0.25, 0.3) is 0 Å². The second-order valence-corrected chi connectivity index (χ2v) is 10.3. The number of hydrogen-bond donors (Lipinski definition) is 4. The normalized spacial score (nSPS) is 19.9. The summed E-state index contributed by atoms with van der Waals surface area (Å²) in [6.07, 6.45) is 1.11. The number of nitrogens with one attached hydrogen (secondary N) is 2. The van der Waals surface area contributed by atoms with Gasteiger partial charge in [0.1, 0.15) is 30.1 Å². The second-order valence-electron chi connectivity index (χ2n) is 10.3. The van der Waals surface area contributed by atoms with Crippen LogP contribution in [-0.2, 0) is 16.0 Å². The molecule has 1 aromatic heterocycles. The number of hydrogen-bond acceptors (Lipinski definition) is 10. The number of carbonyl (C=O) groups is 1. The number of aromatic nitrogens is 2. The van der Waals surface area contributed by atoms with Crippen LogP contribution in [0.25, 0.3) is 0 Å². The van der Waals surface area contributed by atoms with Gasteiger partial charge in [0.05, 0.1) is 24.0 Å². The topological polar surface area (TPSA) is 138 Å². The molecule has 2 fully saturated rings. The predicted octanol–water partition coefficient (Wildman–Crippen LogP) is 2.94. The number of aryl methyl sites for hydroxylation is 1. The first-order valence-corrected chi connectivity index (χ1v) is 13.8. The second kappa shape index (κ2) is 11.3. The van der Waals surface area contributed by atoms with E-state index in [0.29, 0.717) is 62.4 Å². The van der Waals surface area contributed by atoms with Crippen molar-refractivity contribution >= 4 is 34.6 Å². The molecule has 2 aromatic carbocycles. The van der Waals surface area contributed by atoms with Crippen LogP contribution < -0.4 is 30.9 Å². The average molecular weight is 546 g/mol. The third-order valence-corrected chi connectivity index (χ3v) is 7.60. The highest BCUT2D eigenvalue weighted by atomic mass is 16.5. The maximum absolute atomic E-state index is 13.3. The molecule has 1 amide bonds. The highest BCUT2D eigenvalue weighted by molar-refractivity contribution is 6.00. The van der Waals surface area contributed by atoms with Crippen molar-refractivity contribution in [1.82, 2.24) is 9.97 Å². The standard InChI is InChI=1S/C29H35N7O4/c1-2-22-28(31-18-10-12-39-13-11-18)34-29(26(33-22)27(30)38)32-19-8-9-23-24(14-19)40-17-21-15-35(16-25(37)36(21)23)20-6-4-3-5-7-20/h3-9,14,18,21,27,38H,2,10-13,15-17,30H2,1H3,(H2,31,32,34). The summed E-state index contributed by atoms with van der Waals surface area (Å²) < 4.78 is 11.6. The molecule has 0 radical (unpaired) electrons. The lowest BCUT2D eigenvalue weighted by molar-refractivity contribution is -0.119. The summed E-state index contributed by atoms with van der Waals surface area (Å²) in [4.78, 5) is 26.7. The van der Waals surface area contributed by atoms with E-state index in [1.807, 2.05) is 60.4 Å². The first-order valence-electron chi connectivity index (χ1n) is 13.8. The lowest BCUT2D eigenvalue weighted by Crippen LogP contribution is -2.60. The van der Waals surface area contributed by atoms with Gasteiger partial charge in [-0.15, -0.1) is 0 Å². The van der Waals surface area contributed by atoms with E-state index in [-0.39, 0.29) is 23.7 Å². The van der Waals surface area contributed by atoms with Crippen LogP contribution in [0, 0.1) is 0 Å². The molecule has 0 bridgehead atoms. The monoisotopic (exact) mass is 545 g/mol. The molecule has 0 spiro atoms. The summed E-state index contributed by atoms with van der Waals surface area (Å²) in [6, 6.07) is 15.7. The Labute approximate surface area is 233 Å². The molecule has 210 valence electrons. The number of fused-ring (bicyclic) bond motifs is 3. The highest BCUT2D eigenvalue weighted by Crippen LogP contribution is 2.39. The number of para-hydroxylation sites is 1. The smallest absolute Gasteiger partial charge is 0.247 e. The van der Waals surface area contributed by atoms with Crippen LogP contribution in [0.15, 0.2) is 48.5 Å². The van der Waals surface area contributed by atoms with Gasteiger partial charge >= 0.3 is 0 Å². The van der Waals surface area contributed by atoms with Gasteiger partial charge in [-0.25, -0.2) is 9.97 Å². The van der Waals surface area contributed by atoms with Crippen LogP contribution in [0.5, 0.6) is 5.75 Å². The first-order chi connectivity index (χ1) is 19.5. The van der Waals surface area contributed by atoms with E-state index in [9.17, 15) is 9.90 Å². The third kappa shape index (κ3) is 5.27. The van der Waals surface area contributed by atoms with E-state index >= 15 is 0 Å². The van der Waals surface area contributed by atoms with E-state index in [1.165, 1.54) is 0 Å². The SMILES string of the molecule is CCc1nc(C(N)O)c(Nc2ccc3c(c2)OCC2CN(c4ccccc4)CC(=O)N32)nc1NC1CCOCC1. The quantitative estimate of drug-likeness (QED) is 0.328. The van der Waals surface area contributed by atoms with Gasteiger partial charge in [-0.2, -0.15) is 0 Å². The Balaban J connectivity index is 1.24. The van der Waals surface area contributed by atoms with Crippen LogP contribution in [0.4, 0.5) is 28.7 Å². The maximum Gasteiger partial charge on any atom is 0.247 e. The molecule has 6 rings (SSSR count). The molecule has 0 saturated carbocycles. The van der Waals surface area contributed by atoms with Crippen molar-refractivity contribution in [1.29, 1.82) is 0 Å². The van der Waals surface area contributed by atoms with E-state index in [2.05, 4.69) is 20.5 Å². The van der Waals surface area contributed by atoms with Crippen LogP contribution in [0.1, 0.15) is 37.4 Å². The zero-order valence-corrected chi connectivity index (χ0v) is 22.5. The van der Waals surface area contributed by atoms with E-state index in [4.69, 9.17) is 20.2 Å². The summed E-state index contributed by atoms with van der Waals surface area (Å²) in [7, 11) is 0. The minimum atomic E-state index is -1.30. The molecule has 40 heavy (non-hydrogen) atoms. The van der Waals surface area contributed by atoms with E-state index in [0.717, 1.165) is 29.9 Å². The molecule has 3 aliphatic heterocycles. The molecule has 3 aromatic rings. The van der Waals surface area contributed by atoms with Gasteiger partial charge in [-0.05, 0) is 43.5 Å². The Morgan fingerprint density at radius 2 is 1.93 bits per heavy atom. The van der Waals surface area contributed by atoms with Gasteiger partial charge in [-0.3, -0.25) is 9.69 Å². The van der Waals surface area contributed by atoms with Crippen LogP contribution in [0.2, 0.25) is 0 Å². The van der Waals surface area contributed by atoms with Gasteiger partial charge in [0, 0.05) is 43.2 Å². The predicted molar refractivity (Wildman–Crippen MR) is 153 cm³/mol. The van der Waals surface area contributed by atoms with Crippen LogP contribution in [0.3, 0.4) is 0 Å². The van der Waals surface area contributed by atoms with Gasteiger partial charge in [0.15, 0.2) is 5.82 Å². The first kappa shape index (κ1) is 26.3. The fraction of sp³-hybridized carbons (Fsp3) is 0.414. The average Bonchev–Trinajstić information content (AvgIpc) is 2.97. The number of benzene rings is 2. The van der Waals surface area contributed by atoms with Gasteiger partial charge in [0.2, 0.25) is 5.91 Å². The van der Waals surface area contributed by atoms with E-state index in [1.54, 1.807) is 0 Å². The van der Waals surface area contributed by atoms with E-state index < -0.39 is 6.23 Å².